The van der Waals surface area contributed by atoms with Crippen molar-refractivity contribution in [1.82, 2.24) is 15.5 Å². The highest BCUT2D eigenvalue weighted by molar-refractivity contribution is 5.85. The smallest absolute Gasteiger partial charge is 0.471 e. The van der Waals surface area contributed by atoms with Crippen molar-refractivity contribution >= 4 is 17.2 Å². The molecular formula is C18H13F3N4O3. The van der Waals surface area contributed by atoms with Crippen LogP contribution in [0.5, 0.6) is 11.6 Å². The number of aromatic nitrogens is 2. The molecule has 144 valence electrons. The quantitative estimate of drug-likeness (QED) is 0.716. The molecular weight excluding hydrogens is 377 g/mol. The largest absolute Gasteiger partial charge is 0.573 e. The van der Waals surface area contributed by atoms with E-state index in [1.807, 2.05) is 0 Å². The molecule has 0 saturated heterocycles. The number of hydrogen-bond donors (Lipinski definition) is 1. The van der Waals surface area contributed by atoms with Gasteiger partial charge in [-0.3, -0.25) is 9.98 Å². The van der Waals surface area contributed by atoms with Crippen LogP contribution in [0.3, 0.4) is 0 Å². The number of ether oxygens (including phenoxy) is 2. The van der Waals surface area contributed by atoms with Crippen LogP contribution in [0.2, 0.25) is 0 Å². The summed E-state index contributed by atoms with van der Waals surface area (Å²) in [7, 11) is 0. The highest BCUT2D eigenvalue weighted by Gasteiger charge is 2.31. The Morgan fingerprint density at radius 1 is 1.18 bits per heavy atom. The maximum Gasteiger partial charge on any atom is 0.573 e. The Morgan fingerprint density at radius 2 is 2.00 bits per heavy atom. The lowest BCUT2D eigenvalue weighted by Crippen LogP contribution is -2.30. The number of benzene rings is 1. The lowest BCUT2D eigenvalue weighted by Gasteiger charge is -2.14. The highest BCUT2D eigenvalue weighted by atomic mass is 19.4. The van der Waals surface area contributed by atoms with Gasteiger partial charge in [-0.15, -0.1) is 13.2 Å². The van der Waals surface area contributed by atoms with E-state index in [1.165, 1.54) is 30.5 Å². The Balaban J connectivity index is 1.53. The Morgan fingerprint density at radius 3 is 2.71 bits per heavy atom. The second kappa shape index (κ2) is 7.22. The number of alkyl halides is 3. The zero-order valence-electron chi connectivity index (χ0n) is 14.2. The number of rotatable bonds is 5. The Hall–Kier alpha value is -3.56. The predicted molar refractivity (Wildman–Crippen MR) is 94.0 cm³/mol. The summed E-state index contributed by atoms with van der Waals surface area (Å²) in [6, 6.07) is 7.10. The predicted octanol–water partition coefficient (Wildman–Crippen LogP) is 3.68. The summed E-state index contributed by atoms with van der Waals surface area (Å²) in [5, 5.41) is 7.50. The number of nitrogens with one attached hydrogen (secondary N) is 1. The van der Waals surface area contributed by atoms with E-state index in [9.17, 15) is 13.2 Å². The number of nitrogens with zero attached hydrogens (tertiary/aromatic N) is 3. The molecule has 0 saturated carbocycles. The Bertz CT molecular complexity index is 1030. The number of halogens is 3. The summed E-state index contributed by atoms with van der Waals surface area (Å²) in [6.45, 7) is 0.240. The normalized spacial score (nSPS) is 16.2. The van der Waals surface area contributed by atoms with Crippen molar-refractivity contribution in [3.63, 3.8) is 0 Å². The van der Waals surface area contributed by atoms with E-state index < -0.39 is 6.36 Å². The fraction of sp³-hybridized carbons (Fsp3) is 0.167. The molecule has 3 heterocycles. The van der Waals surface area contributed by atoms with E-state index in [0.29, 0.717) is 22.2 Å². The van der Waals surface area contributed by atoms with Crippen molar-refractivity contribution < 1.29 is 27.2 Å². The third-order valence-corrected chi connectivity index (χ3v) is 3.82. The number of fused-ring (bicyclic) bond motifs is 1. The number of aliphatic imine (C=N–C) groups is 1. The van der Waals surface area contributed by atoms with E-state index in [0.717, 1.165) is 0 Å². The van der Waals surface area contributed by atoms with Crippen LogP contribution in [0.4, 0.5) is 13.2 Å². The van der Waals surface area contributed by atoms with E-state index in [4.69, 9.17) is 9.26 Å². The van der Waals surface area contributed by atoms with Crippen LogP contribution in [0, 0.1) is 0 Å². The minimum Gasteiger partial charge on any atom is -0.471 e. The molecule has 0 amide bonds. The van der Waals surface area contributed by atoms with Gasteiger partial charge >= 0.3 is 6.36 Å². The van der Waals surface area contributed by atoms with Crippen molar-refractivity contribution in [3.05, 3.63) is 48.8 Å². The third-order valence-electron chi connectivity index (χ3n) is 3.82. The van der Waals surface area contributed by atoms with Gasteiger partial charge in [-0.1, -0.05) is 0 Å². The maximum absolute atomic E-state index is 12.3. The van der Waals surface area contributed by atoms with Crippen LogP contribution in [0.25, 0.3) is 22.2 Å². The maximum atomic E-state index is 12.3. The summed E-state index contributed by atoms with van der Waals surface area (Å²) in [5.41, 5.74) is 1.55. The monoisotopic (exact) mass is 390 g/mol. The molecule has 0 spiro atoms. The van der Waals surface area contributed by atoms with Crippen LogP contribution >= 0.6 is 0 Å². The summed E-state index contributed by atoms with van der Waals surface area (Å²) in [6.07, 6.45) is 1.70. The molecule has 0 aliphatic carbocycles. The lowest BCUT2D eigenvalue weighted by molar-refractivity contribution is -0.274. The second-order valence-corrected chi connectivity index (χ2v) is 5.78. The molecule has 1 atom stereocenters. The molecule has 1 N–H and O–H groups in total. The topological polar surface area (TPSA) is 81.8 Å². The molecule has 1 unspecified atom stereocenters. The molecule has 0 bridgehead atoms. The standard InChI is InChI=1S/C18H13F3N4O3/c19-18(20,21)27-12-4-2-11(3-5-12)14-8-13-15(9-24-14)28-25-17(13)26-10-16-22-6-1-7-23-16/h1-9,16,22H,10H2. The lowest BCUT2D eigenvalue weighted by atomic mass is 10.1. The van der Waals surface area contributed by atoms with E-state index in [-0.39, 0.29) is 24.4 Å². The minimum atomic E-state index is -4.74. The van der Waals surface area contributed by atoms with Crippen LogP contribution in [-0.4, -0.2) is 35.5 Å². The second-order valence-electron chi connectivity index (χ2n) is 5.78. The molecule has 4 rings (SSSR count). The van der Waals surface area contributed by atoms with Crippen LogP contribution in [0.1, 0.15) is 0 Å². The fourth-order valence-corrected chi connectivity index (χ4v) is 2.57. The van der Waals surface area contributed by atoms with Crippen molar-refractivity contribution in [3.8, 4) is 22.9 Å². The van der Waals surface area contributed by atoms with Gasteiger partial charge in [0.05, 0.1) is 17.3 Å². The fourth-order valence-electron chi connectivity index (χ4n) is 2.57. The van der Waals surface area contributed by atoms with E-state index in [1.54, 1.807) is 24.6 Å². The summed E-state index contributed by atoms with van der Waals surface area (Å²) >= 11 is 0. The van der Waals surface area contributed by atoms with Crippen molar-refractivity contribution in [2.24, 2.45) is 4.99 Å². The van der Waals surface area contributed by atoms with Gasteiger partial charge in [0.2, 0.25) is 0 Å². The molecule has 28 heavy (non-hydrogen) atoms. The molecule has 0 fully saturated rings. The summed E-state index contributed by atoms with van der Waals surface area (Å²) in [4.78, 5) is 8.44. The SMILES string of the molecule is FC(F)(F)Oc1ccc(-c2cc3c(OCC4N=CC=CN4)noc3cn2)cc1. The average Bonchev–Trinajstić information content (AvgIpc) is 3.09. The molecule has 3 aromatic rings. The van der Waals surface area contributed by atoms with Gasteiger partial charge < -0.3 is 19.3 Å². The van der Waals surface area contributed by atoms with E-state index >= 15 is 0 Å². The first-order valence-corrected chi connectivity index (χ1v) is 8.17. The van der Waals surface area contributed by atoms with Gasteiger partial charge in [0.1, 0.15) is 12.4 Å². The molecule has 0 radical (unpaired) electrons. The van der Waals surface area contributed by atoms with Gasteiger partial charge in [0.25, 0.3) is 5.88 Å². The van der Waals surface area contributed by atoms with Crippen LogP contribution in [0.15, 0.2) is 58.3 Å². The van der Waals surface area contributed by atoms with Gasteiger partial charge in [-0.2, -0.15) is 0 Å². The molecule has 1 aromatic carbocycles. The molecule has 7 nitrogen and oxygen atoms in total. The number of pyridine rings is 1. The van der Waals surface area contributed by atoms with Crippen molar-refractivity contribution in [2.45, 2.75) is 12.5 Å². The number of allylic oxidation sites excluding steroid dienone is 1. The molecule has 2 aromatic heterocycles. The van der Waals surface area contributed by atoms with Crippen molar-refractivity contribution in [1.29, 1.82) is 0 Å². The Kier molecular flexibility index (Phi) is 4.60. The van der Waals surface area contributed by atoms with Gasteiger partial charge in [-0.25, -0.2) is 0 Å². The van der Waals surface area contributed by atoms with E-state index in [2.05, 4.69) is 25.2 Å². The molecule has 1 aliphatic rings. The molecule has 10 heteroatoms. The van der Waals surface area contributed by atoms with Crippen LogP contribution in [-0.2, 0) is 0 Å². The zero-order chi connectivity index (χ0) is 19.6. The van der Waals surface area contributed by atoms with Gasteiger partial charge in [-0.05, 0) is 47.8 Å². The zero-order valence-corrected chi connectivity index (χ0v) is 14.2. The summed E-state index contributed by atoms with van der Waals surface area (Å²) in [5.74, 6) is -0.0249. The average molecular weight is 390 g/mol. The minimum absolute atomic E-state index is 0.237. The van der Waals surface area contributed by atoms with Crippen molar-refractivity contribution in [2.75, 3.05) is 6.61 Å². The first kappa shape index (κ1) is 17.8. The molecule has 1 aliphatic heterocycles. The third kappa shape index (κ3) is 4.05. The Labute approximate surface area is 156 Å². The first-order valence-electron chi connectivity index (χ1n) is 8.17. The van der Waals surface area contributed by atoms with Gasteiger partial charge in [0, 0.05) is 11.8 Å². The van der Waals surface area contributed by atoms with Crippen LogP contribution < -0.4 is 14.8 Å². The highest BCUT2D eigenvalue weighted by Crippen LogP contribution is 2.30. The van der Waals surface area contributed by atoms with Gasteiger partial charge in [0.15, 0.2) is 11.7 Å². The number of hydrogen-bond acceptors (Lipinski definition) is 7. The first-order chi connectivity index (χ1) is 13.5. The summed E-state index contributed by atoms with van der Waals surface area (Å²) < 4.78 is 51.6.